The Hall–Kier alpha value is -2.89. The lowest BCUT2D eigenvalue weighted by Crippen LogP contribution is -2.49. The van der Waals surface area contributed by atoms with Crippen LogP contribution in [0.4, 0.5) is 5.82 Å². The van der Waals surface area contributed by atoms with Gasteiger partial charge in [-0.2, -0.15) is 0 Å². The van der Waals surface area contributed by atoms with Crippen LogP contribution in [0, 0.1) is 0 Å². The molecule has 0 N–H and O–H groups in total. The van der Waals surface area contributed by atoms with E-state index in [1.165, 1.54) is 5.56 Å². The van der Waals surface area contributed by atoms with Gasteiger partial charge in [0.25, 0.3) is 5.91 Å². The Morgan fingerprint density at radius 3 is 2.19 bits per heavy atom. The molecule has 1 amide bonds. The van der Waals surface area contributed by atoms with E-state index in [0.29, 0.717) is 38.3 Å². The minimum atomic E-state index is -0.360. The van der Waals surface area contributed by atoms with Crippen LogP contribution in [0.2, 0.25) is 0 Å². The number of esters is 1. The maximum atomic E-state index is 12.7. The Balaban J connectivity index is 1.58. The van der Waals surface area contributed by atoms with Crippen molar-refractivity contribution >= 4 is 17.7 Å². The molecule has 0 spiro atoms. The zero-order valence-electron chi connectivity index (χ0n) is 15.9. The summed E-state index contributed by atoms with van der Waals surface area (Å²) in [6.07, 6.45) is 2.51. The third-order valence-corrected chi connectivity index (χ3v) is 4.76. The van der Waals surface area contributed by atoms with Crippen LogP contribution in [0.15, 0.2) is 42.6 Å². The Kier molecular flexibility index (Phi) is 6.06. The largest absolute Gasteiger partial charge is 0.462 e. The number of hydrogen-bond acceptors (Lipinski definition) is 5. The first-order valence-corrected chi connectivity index (χ1v) is 9.38. The topological polar surface area (TPSA) is 62.7 Å². The highest BCUT2D eigenvalue weighted by Crippen LogP contribution is 2.16. The molecule has 0 radical (unpaired) electrons. The van der Waals surface area contributed by atoms with Gasteiger partial charge in [0.2, 0.25) is 0 Å². The molecular formula is C21H25N3O3. The van der Waals surface area contributed by atoms with Crippen molar-refractivity contribution in [2.75, 3.05) is 37.7 Å². The van der Waals surface area contributed by atoms with Crippen LogP contribution >= 0.6 is 0 Å². The molecule has 2 aromatic rings. The number of nitrogens with zero attached hydrogens (tertiary/aromatic N) is 3. The molecule has 1 aliphatic rings. The summed E-state index contributed by atoms with van der Waals surface area (Å²) >= 11 is 0. The zero-order chi connectivity index (χ0) is 19.2. The second-order valence-electron chi connectivity index (χ2n) is 6.46. The van der Waals surface area contributed by atoms with Crippen molar-refractivity contribution in [3.8, 4) is 0 Å². The summed E-state index contributed by atoms with van der Waals surface area (Å²) in [6, 6.07) is 11.4. The van der Waals surface area contributed by atoms with Gasteiger partial charge in [-0.1, -0.05) is 19.1 Å². The van der Waals surface area contributed by atoms with Crippen LogP contribution < -0.4 is 4.90 Å². The predicted octanol–water partition coefficient (Wildman–Crippen LogP) is 2.78. The van der Waals surface area contributed by atoms with Crippen LogP contribution in [-0.2, 0) is 11.2 Å². The van der Waals surface area contributed by atoms with E-state index in [1.807, 2.05) is 35.2 Å². The van der Waals surface area contributed by atoms with Gasteiger partial charge in [-0.15, -0.1) is 0 Å². The van der Waals surface area contributed by atoms with Gasteiger partial charge in [0.1, 0.15) is 5.82 Å². The lowest BCUT2D eigenvalue weighted by atomic mass is 10.1. The third kappa shape index (κ3) is 4.45. The fourth-order valence-corrected chi connectivity index (χ4v) is 3.11. The molecule has 1 aliphatic heterocycles. The highest BCUT2D eigenvalue weighted by atomic mass is 16.5. The number of amides is 1. The number of aromatic nitrogens is 1. The monoisotopic (exact) mass is 367 g/mol. The van der Waals surface area contributed by atoms with E-state index in [-0.39, 0.29) is 11.9 Å². The lowest BCUT2D eigenvalue weighted by Gasteiger charge is -2.35. The SMILES string of the molecule is CCOC(=O)c1ccc(N2CCN(C(=O)c3ccc(CC)cc3)CC2)nc1. The first-order valence-electron chi connectivity index (χ1n) is 9.38. The van der Waals surface area contributed by atoms with Crippen molar-refractivity contribution in [3.63, 3.8) is 0 Å². The molecule has 1 aromatic heterocycles. The number of rotatable bonds is 5. The molecule has 6 nitrogen and oxygen atoms in total. The van der Waals surface area contributed by atoms with Crippen molar-refractivity contribution in [1.82, 2.24) is 9.88 Å². The Morgan fingerprint density at radius 1 is 0.963 bits per heavy atom. The molecule has 2 heterocycles. The van der Waals surface area contributed by atoms with Crippen LogP contribution in [0.3, 0.4) is 0 Å². The molecule has 3 rings (SSSR count). The number of ether oxygens (including phenoxy) is 1. The molecule has 142 valence electrons. The summed E-state index contributed by atoms with van der Waals surface area (Å²) in [5.41, 5.74) is 2.41. The molecule has 0 saturated carbocycles. The second-order valence-corrected chi connectivity index (χ2v) is 6.46. The Bertz CT molecular complexity index is 779. The normalized spacial score (nSPS) is 14.1. The highest BCUT2D eigenvalue weighted by Gasteiger charge is 2.23. The zero-order valence-corrected chi connectivity index (χ0v) is 15.9. The molecule has 1 aromatic carbocycles. The molecule has 27 heavy (non-hydrogen) atoms. The number of carbonyl (C=O) groups excluding carboxylic acids is 2. The fourth-order valence-electron chi connectivity index (χ4n) is 3.11. The van der Waals surface area contributed by atoms with Crippen molar-refractivity contribution in [2.45, 2.75) is 20.3 Å². The summed E-state index contributed by atoms with van der Waals surface area (Å²) in [7, 11) is 0. The quantitative estimate of drug-likeness (QED) is 0.761. The molecule has 0 atom stereocenters. The van der Waals surface area contributed by atoms with Crippen LogP contribution in [0.5, 0.6) is 0 Å². The lowest BCUT2D eigenvalue weighted by molar-refractivity contribution is 0.0525. The van der Waals surface area contributed by atoms with E-state index in [2.05, 4.69) is 16.8 Å². The number of benzene rings is 1. The molecule has 0 aliphatic carbocycles. The van der Waals surface area contributed by atoms with Gasteiger partial charge in [0, 0.05) is 37.9 Å². The van der Waals surface area contributed by atoms with E-state index in [9.17, 15) is 9.59 Å². The second kappa shape index (κ2) is 8.66. The maximum Gasteiger partial charge on any atom is 0.339 e. The van der Waals surface area contributed by atoms with E-state index in [1.54, 1.807) is 19.2 Å². The molecule has 6 heteroatoms. The number of pyridine rings is 1. The predicted molar refractivity (Wildman–Crippen MR) is 104 cm³/mol. The van der Waals surface area contributed by atoms with Gasteiger partial charge in [0.15, 0.2) is 0 Å². The van der Waals surface area contributed by atoms with Gasteiger partial charge in [0.05, 0.1) is 12.2 Å². The van der Waals surface area contributed by atoms with Crippen molar-refractivity contribution in [2.24, 2.45) is 0 Å². The van der Waals surface area contributed by atoms with Gasteiger partial charge >= 0.3 is 5.97 Å². The summed E-state index contributed by atoms with van der Waals surface area (Å²) in [4.78, 5) is 32.7. The van der Waals surface area contributed by atoms with Gasteiger partial charge in [-0.25, -0.2) is 9.78 Å². The average Bonchev–Trinajstić information content (AvgIpc) is 2.74. The summed E-state index contributed by atoms with van der Waals surface area (Å²) in [5.74, 6) is 0.520. The first-order chi connectivity index (χ1) is 13.1. The Labute approximate surface area is 159 Å². The van der Waals surface area contributed by atoms with Crippen LogP contribution in [0.1, 0.15) is 40.1 Å². The highest BCUT2D eigenvalue weighted by molar-refractivity contribution is 5.94. The van der Waals surface area contributed by atoms with Crippen molar-refractivity contribution < 1.29 is 14.3 Å². The number of anilines is 1. The molecule has 0 unspecified atom stereocenters. The van der Waals surface area contributed by atoms with Crippen molar-refractivity contribution in [1.29, 1.82) is 0 Å². The van der Waals surface area contributed by atoms with E-state index in [0.717, 1.165) is 17.8 Å². The van der Waals surface area contributed by atoms with Gasteiger partial charge in [-0.05, 0) is 43.2 Å². The summed E-state index contributed by atoms with van der Waals surface area (Å²) < 4.78 is 4.97. The minimum Gasteiger partial charge on any atom is -0.462 e. The first kappa shape index (κ1) is 18.9. The molecular weight excluding hydrogens is 342 g/mol. The standard InChI is InChI=1S/C21H25N3O3/c1-3-16-5-7-17(8-6-16)20(25)24-13-11-23(12-14-24)19-10-9-18(15-22-19)21(26)27-4-2/h5-10,15H,3-4,11-14H2,1-2H3. The third-order valence-electron chi connectivity index (χ3n) is 4.76. The molecule has 1 saturated heterocycles. The number of carbonyl (C=O) groups is 2. The summed E-state index contributed by atoms with van der Waals surface area (Å²) in [6.45, 7) is 6.94. The Morgan fingerprint density at radius 2 is 1.63 bits per heavy atom. The van der Waals surface area contributed by atoms with Crippen molar-refractivity contribution in [3.05, 3.63) is 59.3 Å². The molecule has 1 fully saturated rings. The number of piperazine rings is 1. The number of aryl methyl sites for hydroxylation is 1. The van der Waals surface area contributed by atoms with Gasteiger partial charge in [-0.3, -0.25) is 4.79 Å². The number of hydrogen-bond donors (Lipinski definition) is 0. The van der Waals surface area contributed by atoms with Crippen LogP contribution in [-0.4, -0.2) is 54.5 Å². The smallest absolute Gasteiger partial charge is 0.339 e. The van der Waals surface area contributed by atoms with E-state index in [4.69, 9.17) is 4.74 Å². The average molecular weight is 367 g/mol. The van der Waals surface area contributed by atoms with E-state index >= 15 is 0 Å². The summed E-state index contributed by atoms with van der Waals surface area (Å²) in [5, 5.41) is 0. The van der Waals surface area contributed by atoms with Crippen LogP contribution in [0.25, 0.3) is 0 Å². The fraction of sp³-hybridized carbons (Fsp3) is 0.381. The van der Waals surface area contributed by atoms with Gasteiger partial charge < -0.3 is 14.5 Å². The molecule has 0 bridgehead atoms. The minimum absolute atomic E-state index is 0.0721. The maximum absolute atomic E-state index is 12.7. The van der Waals surface area contributed by atoms with E-state index < -0.39 is 0 Å².